The molecule has 3 heterocycles. The normalized spacial score (nSPS) is 16.6. The first-order valence-electron chi connectivity index (χ1n) is 10.2. The smallest absolute Gasteiger partial charge is 0.287 e. The van der Waals surface area contributed by atoms with E-state index < -0.39 is 5.91 Å². The Morgan fingerprint density at radius 1 is 1.20 bits per heavy atom. The number of rotatable bonds is 5. The van der Waals surface area contributed by atoms with E-state index in [0.29, 0.717) is 23.4 Å². The summed E-state index contributed by atoms with van der Waals surface area (Å²) in [6.07, 6.45) is 2.25. The largest absolute Gasteiger partial charge is 0.465 e. The van der Waals surface area contributed by atoms with Gasteiger partial charge in [-0.25, -0.2) is 0 Å². The molecular formula is C23H25BrN2O4. The minimum Gasteiger partial charge on any atom is -0.465 e. The number of piperidine rings is 1. The van der Waals surface area contributed by atoms with Crippen molar-refractivity contribution in [2.75, 3.05) is 19.6 Å². The fourth-order valence-electron chi connectivity index (χ4n) is 3.90. The maximum Gasteiger partial charge on any atom is 0.287 e. The van der Waals surface area contributed by atoms with Gasteiger partial charge >= 0.3 is 0 Å². The summed E-state index contributed by atoms with van der Waals surface area (Å²) in [5.74, 6) is 2.00. The van der Waals surface area contributed by atoms with E-state index in [2.05, 4.69) is 33.1 Å². The first-order valence-corrected chi connectivity index (χ1v) is 11.0. The van der Waals surface area contributed by atoms with Gasteiger partial charge in [-0.05, 0) is 69.1 Å². The number of halogens is 1. The highest BCUT2D eigenvalue weighted by atomic mass is 79.9. The highest BCUT2D eigenvalue weighted by molar-refractivity contribution is 9.10. The lowest BCUT2D eigenvalue weighted by Crippen LogP contribution is -2.41. The minimum absolute atomic E-state index is 0.0106. The molecule has 6 nitrogen and oxygen atoms in total. The number of carbonyl (C=O) groups is 1. The number of hydrogen-bond acceptors (Lipinski definition) is 5. The highest BCUT2D eigenvalue weighted by Gasteiger charge is 2.27. The number of nitrogens with one attached hydrogen (secondary N) is 1. The molecule has 1 N–H and O–H groups in total. The van der Waals surface area contributed by atoms with Gasteiger partial charge in [0.15, 0.2) is 11.2 Å². The van der Waals surface area contributed by atoms with Crippen molar-refractivity contribution >= 4 is 32.8 Å². The fourth-order valence-corrected chi connectivity index (χ4v) is 4.26. The zero-order chi connectivity index (χ0) is 21.3. The van der Waals surface area contributed by atoms with Crippen molar-refractivity contribution in [2.24, 2.45) is 5.92 Å². The molecule has 30 heavy (non-hydrogen) atoms. The molecule has 1 saturated heterocycles. The number of carbonyl (C=O) groups excluding carboxylic acids is 1. The molecule has 4 rings (SSSR count). The Balaban J connectivity index is 1.53. The Morgan fingerprint density at radius 3 is 2.67 bits per heavy atom. The summed E-state index contributed by atoms with van der Waals surface area (Å²) in [5.41, 5.74) is 0.144. The lowest BCUT2D eigenvalue weighted by molar-refractivity contribution is 0.0870. The van der Waals surface area contributed by atoms with Crippen molar-refractivity contribution < 1.29 is 13.6 Å². The van der Waals surface area contributed by atoms with Crippen LogP contribution >= 0.6 is 15.9 Å². The Bertz CT molecular complexity index is 1110. The molecule has 0 spiro atoms. The van der Waals surface area contributed by atoms with Gasteiger partial charge in [0.1, 0.15) is 17.1 Å². The average molecular weight is 473 g/mol. The predicted octanol–water partition coefficient (Wildman–Crippen LogP) is 4.66. The number of likely N-dealkylation sites (tertiary alicyclic amines) is 1. The molecular weight excluding hydrogens is 448 g/mol. The molecule has 1 aromatic carbocycles. The zero-order valence-electron chi connectivity index (χ0n) is 17.1. The SMILES string of the molecule is Cc1ccc(C(CNC(=O)c2cc(=O)c3cc(Br)ccc3o2)N2CCC(C)CC2)o1. The van der Waals surface area contributed by atoms with E-state index in [1.54, 1.807) is 18.2 Å². The van der Waals surface area contributed by atoms with Gasteiger partial charge in [-0.3, -0.25) is 14.5 Å². The van der Waals surface area contributed by atoms with E-state index in [1.807, 2.05) is 19.1 Å². The Hall–Kier alpha value is -2.38. The standard InChI is InChI=1S/C23H25BrN2O4/c1-14-7-9-26(10-8-14)18(21-5-3-15(2)29-21)13-25-23(28)22-12-19(27)17-11-16(24)4-6-20(17)30-22/h3-6,11-12,14,18H,7-10,13H2,1-2H3,(H,25,28). The van der Waals surface area contributed by atoms with Crippen LogP contribution in [-0.4, -0.2) is 30.4 Å². The maximum absolute atomic E-state index is 12.8. The molecule has 158 valence electrons. The second-order valence-corrected chi connectivity index (χ2v) is 8.92. The van der Waals surface area contributed by atoms with Gasteiger partial charge in [0, 0.05) is 17.1 Å². The van der Waals surface area contributed by atoms with E-state index in [-0.39, 0.29) is 17.2 Å². The maximum atomic E-state index is 12.8. The van der Waals surface area contributed by atoms with Gasteiger partial charge in [-0.2, -0.15) is 0 Å². The van der Waals surface area contributed by atoms with E-state index in [9.17, 15) is 9.59 Å². The molecule has 3 aromatic rings. The zero-order valence-corrected chi connectivity index (χ0v) is 18.7. The molecule has 2 aromatic heterocycles. The number of amides is 1. The van der Waals surface area contributed by atoms with Crippen molar-refractivity contribution in [3.05, 3.63) is 68.4 Å². The highest BCUT2D eigenvalue weighted by Crippen LogP contribution is 2.28. The first kappa shape index (κ1) is 20.9. The third kappa shape index (κ3) is 4.52. The van der Waals surface area contributed by atoms with Gasteiger partial charge in [0.05, 0.1) is 11.4 Å². The lowest BCUT2D eigenvalue weighted by atomic mass is 9.97. The summed E-state index contributed by atoms with van der Waals surface area (Å²) in [4.78, 5) is 27.5. The predicted molar refractivity (Wildman–Crippen MR) is 119 cm³/mol. The van der Waals surface area contributed by atoms with Crippen LogP contribution in [-0.2, 0) is 0 Å². The quantitative estimate of drug-likeness (QED) is 0.584. The van der Waals surface area contributed by atoms with Crippen molar-refractivity contribution in [1.82, 2.24) is 10.2 Å². The van der Waals surface area contributed by atoms with E-state index in [1.165, 1.54) is 6.07 Å². The third-order valence-corrected chi connectivity index (χ3v) is 6.21. The fraction of sp³-hybridized carbons (Fsp3) is 0.391. The van der Waals surface area contributed by atoms with Crippen molar-refractivity contribution in [1.29, 1.82) is 0 Å². The van der Waals surface area contributed by atoms with Crippen LogP contribution in [0.25, 0.3) is 11.0 Å². The van der Waals surface area contributed by atoms with Crippen LogP contribution in [0, 0.1) is 12.8 Å². The van der Waals surface area contributed by atoms with E-state index >= 15 is 0 Å². The van der Waals surface area contributed by atoms with Gasteiger partial charge in [-0.1, -0.05) is 22.9 Å². The van der Waals surface area contributed by atoms with Crippen LogP contribution in [0.15, 0.2) is 54.5 Å². The Labute approximate surface area is 183 Å². The molecule has 0 aliphatic carbocycles. The van der Waals surface area contributed by atoms with Gasteiger partial charge in [0.25, 0.3) is 5.91 Å². The monoisotopic (exact) mass is 472 g/mol. The number of nitrogens with zero attached hydrogens (tertiary/aromatic N) is 1. The molecule has 0 radical (unpaired) electrons. The Kier molecular flexibility index (Phi) is 6.11. The van der Waals surface area contributed by atoms with Crippen LogP contribution in [0.1, 0.15) is 47.9 Å². The van der Waals surface area contributed by atoms with Crippen molar-refractivity contribution in [3.63, 3.8) is 0 Å². The molecule has 0 bridgehead atoms. The molecule has 0 saturated carbocycles. The summed E-state index contributed by atoms with van der Waals surface area (Å²) in [6, 6.07) is 10.3. The van der Waals surface area contributed by atoms with Gasteiger partial charge < -0.3 is 14.2 Å². The second-order valence-electron chi connectivity index (χ2n) is 8.01. The van der Waals surface area contributed by atoms with Crippen LogP contribution in [0.3, 0.4) is 0 Å². The third-order valence-electron chi connectivity index (χ3n) is 5.72. The van der Waals surface area contributed by atoms with Crippen molar-refractivity contribution in [3.8, 4) is 0 Å². The summed E-state index contributed by atoms with van der Waals surface area (Å²) in [7, 11) is 0. The molecule has 1 amide bonds. The van der Waals surface area contributed by atoms with Crippen molar-refractivity contribution in [2.45, 2.75) is 32.7 Å². The van der Waals surface area contributed by atoms with Crippen LogP contribution in [0.4, 0.5) is 0 Å². The minimum atomic E-state index is -0.407. The lowest BCUT2D eigenvalue weighted by Gasteiger charge is -2.35. The van der Waals surface area contributed by atoms with Crippen LogP contribution < -0.4 is 10.7 Å². The number of benzene rings is 1. The molecule has 1 fully saturated rings. The van der Waals surface area contributed by atoms with Gasteiger partial charge in [0.2, 0.25) is 0 Å². The first-order chi connectivity index (χ1) is 14.4. The van der Waals surface area contributed by atoms with E-state index in [4.69, 9.17) is 8.83 Å². The molecule has 1 atom stereocenters. The van der Waals surface area contributed by atoms with Crippen LogP contribution in [0.2, 0.25) is 0 Å². The average Bonchev–Trinajstić information content (AvgIpc) is 3.15. The number of hydrogen-bond donors (Lipinski definition) is 1. The number of furan rings is 1. The second kappa shape index (κ2) is 8.78. The number of aryl methyl sites for hydroxylation is 1. The van der Waals surface area contributed by atoms with Gasteiger partial charge in [-0.15, -0.1) is 0 Å². The summed E-state index contributed by atoms with van der Waals surface area (Å²) < 4.78 is 12.4. The molecule has 1 aliphatic rings. The molecule has 7 heteroatoms. The summed E-state index contributed by atoms with van der Waals surface area (Å²) in [6.45, 7) is 6.48. The van der Waals surface area contributed by atoms with Crippen LogP contribution in [0.5, 0.6) is 0 Å². The summed E-state index contributed by atoms with van der Waals surface area (Å²) >= 11 is 3.35. The molecule has 1 unspecified atom stereocenters. The number of fused-ring (bicyclic) bond motifs is 1. The summed E-state index contributed by atoms with van der Waals surface area (Å²) in [5, 5.41) is 3.37. The molecule has 1 aliphatic heterocycles. The Morgan fingerprint density at radius 2 is 1.97 bits per heavy atom. The topological polar surface area (TPSA) is 75.7 Å². The van der Waals surface area contributed by atoms with E-state index in [0.717, 1.165) is 41.9 Å².